The number of thiazole rings is 1. The lowest BCUT2D eigenvalue weighted by atomic mass is 10.2. The van der Waals surface area contributed by atoms with Crippen LogP contribution in [0.4, 0.5) is 5.13 Å². The van der Waals surface area contributed by atoms with Crippen LogP contribution in [0.3, 0.4) is 0 Å². The highest BCUT2D eigenvalue weighted by molar-refractivity contribution is 7.15. The molecule has 0 aliphatic carbocycles. The van der Waals surface area contributed by atoms with Crippen molar-refractivity contribution in [1.82, 2.24) is 4.98 Å². The van der Waals surface area contributed by atoms with Crippen LogP contribution < -0.4 is 11.3 Å². The lowest BCUT2D eigenvalue weighted by molar-refractivity contribution is 0.0113. The third-order valence-electron chi connectivity index (χ3n) is 2.25. The van der Waals surface area contributed by atoms with Crippen molar-refractivity contribution in [1.29, 1.82) is 0 Å². The molecule has 15 heavy (non-hydrogen) atoms. The molecule has 0 amide bonds. The summed E-state index contributed by atoms with van der Waals surface area (Å²) in [4.78, 5) is 5.13. The number of nitrogens with one attached hydrogen (secondary N) is 1. The summed E-state index contributed by atoms with van der Waals surface area (Å²) < 4.78 is 11.0. The molecule has 3 N–H and O–H groups in total. The van der Waals surface area contributed by atoms with Gasteiger partial charge in [-0.25, -0.2) is 10.8 Å². The minimum Gasteiger partial charge on any atom is -0.376 e. The predicted octanol–water partition coefficient (Wildman–Crippen LogP) is 1.12. The topological polar surface area (TPSA) is 69.4 Å². The van der Waals surface area contributed by atoms with E-state index in [4.69, 9.17) is 15.3 Å². The average Bonchev–Trinajstić information content (AvgIpc) is 2.88. The first kappa shape index (κ1) is 10.8. The third-order valence-corrected chi connectivity index (χ3v) is 3.15. The first-order valence-electron chi connectivity index (χ1n) is 4.99. The molecule has 5 nitrogen and oxygen atoms in total. The van der Waals surface area contributed by atoms with Gasteiger partial charge in [-0.2, -0.15) is 0 Å². The zero-order valence-electron chi connectivity index (χ0n) is 8.44. The molecule has 1 atom stereocenters. The number of rotatable bonds is 5. The van der Waals surface area contributed by atoms with Gasteiger partial charge in [-0.1, -0.05) is 11.3 Å². The van der Waals surface area contributed by atoms with Gasteiger partial charge in [-0.15, -0.1) is 0 Å². The second kappa shape index (κ2) is 5.41. The van der Waals surface area contributed by atoms with Crippen LogP contribution in [-0.4, -0.2) is 24.3 Å². The van der Waals surface area contributed by atoms with E-state index >= 15 is 0 Å². The summed E-state index contributed by atoms with van der Waals surface area (Å²) in [5, 5.41) is 0.714. The Kier molecular flexibility index (Phi) is 3.90. The fourth-order valence-electron chi connectivity index (χ4n) is 1.51. The maximum atomic E-state index is 5.54. The molecule has 0 aromatic carbocycles. The molecule has 1 saturated heterocycles. The number of ether oxygens (including phenoxy) is 2. The standard InChI is InChI=1S/C9H15N3O2S/c10-12-9-11-4-8(15-9)6-13-5-7-2-1-3-14-7/h4,7H,1-3,5-6,10H2,(H,11,12). The monoisotopic (exact) mass is 229 g/mol. The molecule has 0 bridgehead atoms. The number of hydrogen-bond acceptors (Lipinski definition) is 6. The van der Waals surface area contributed by atoms with Gasteiger partial charge in [0.15, 0.2) is 5.13 Å². The van der Waals surface area contributed by atoms with Gasteiger partial charge in [0.1, 0.15) is 0 Å². The van der Waals surface area contributed by atoms with E-state index in [1.165, 1.54) is 11.3 Å². The molecule has 1 aromatic rings. The lowest BCUT2D eigenvalue weighted by Crippen LogP contribution is -2.13. The summed E-state index contributed by atoms with van der Waals surface area (Å²) in [5.74, 6) is 5.23. The Labute approximate surface area is 92.6 Å². The molecule has 0 radical (unpaired) electrons. The maximum Gasteiger partial charge on any atom is 0.197 e. The molecule has 2 rings (SSSR count). The van der Waals surface area contributed by atoms with Crippen LogP contribution in [0.25, 0.3) is 0 Å². The smallest absolute Gasteiger partial charge is 0.197 e. The second-order valence-electron chi connectivity index (χ2n) is 3.43. The highest BCUT2D eigenvalue weighted by Gasteiger charge is 2.15. The number of anilines is 1. The van der Waals surface area contributed by atoms with Crippen molar-refractivity contribution in [2.24, 2.45) is 5.84 Å². The number of hydrogen-bond donors (Lipinski definition) is 2. The van der Waals surface area contributed by atoms with Crippen molar-refractivity contribution in [2.75, 3.05) is 18.6 Å². The van der Waals surface area contributed by atoms with Gasteiger partial charge in [0, 0.05) is 12.8 Å². The Morgan fingerprint density at radius 2 is 2.67 bits per heavy atom. The number of nitrogens with two attached hydrogens (primary N) is 1. The largest absolute Gasteiger partial charge is 0.376 e. The number of nitrogens with zero attached hydrogens (tertiary/aromatic N) is 1. The Hall–Kier alpha value is -0.690. The number of hydrazine groups is 1. The minimum atomic E-state index is 0.282. The van der Waals surface area contributed by atoms with Gasteiger partial charge in [-0.3, -0.25) is 5.43 Å². The van der Waals surface area contributed by atoms with Crippen molar-refractivity contribution in [3.8, 4) is 0 Å². The maximum absolute atomic E-state index is 5.54. The van der Waals surface area contributed by atoms with Crippen molar-refractivity contribution in [2.45, 2.75) is 25.6 Å². The summed E-state index contributed by atoms with van der Waals surface area (Å²) in [7, 11) is 0. The van der Waals surface area contributed by atoms with E-state index in [9.17, 15) is 0 Å². The molecule has 2 heterocycles. The van der Waals surface area contributed by atoms with Crippen molar-refractivity contribution >= 4 is 16.5 Å². The van der Waals surface area contributed by atoms with E-state index < -0.39 is 0 Å². The van der Waals surface area contributed by atoms with E-state index in [2.05, 4.69) is 10.4 Å². The van der Waals surface area contributed by atoms with E-state index in [-0.39, 0.29) is 6.10 Å². The molecule has 84 valence electrons. The third kappa shape index (κ3) is 3.13. The minimum absolute atomic E-state index is 0.282. The Morgan fingerprint density at radius 3 is 3.33 bits per heavy atom. The number of aromatic nitrogens is 1. The van der Waals surface area contributed by atoms with Crippen LogP contribution in [0.2, 0.25) is 0 Å². The average molecular weight is 229 g/mol. The van der Waals surface area contributed by atoms with E-state index in [0.717, 1.165) is 24.3 Å². The van der Waals surface area contributed by atoms with Gasteiger partial charge in [0.05, 0.1) is 24.2 Å². The van der Waals surface area contributed by atoms with Crippen molar-refractivity contribution in [3.05, 3.63) is 11.1 Å². The predicted molar refractivity (Wildman–Crippen MR) is 58.6 cm³/mol. The molecular formula is C9H15N3O2S. The van der Waals surface area contributed by atoms with Crippen LogP contribution in [0.15, 0.2) is 6.20 Å². The van der Waals surface area contributed by atoms with Crippen molar-refractivity contribution in [3.63, 3.8) is 0 Å². The Bertz CT molecular complexity index is 299. The van der Waals surface area contributed by atoms with Crippen LogP contribution >= 0.6 is 11.3 Å². The van der Waals surface area contributed by atoms with E-state index in [1.54, 1.807) is 6.20 Å². The van der Waals surface area contributed by atoms with Gasteiger partial charge in [0.25, 0.3) is 0 Å². The SMILES string of the molecule is NNc1ncc(COCC2CCCO2)s1. The van der Waals surface area contributed by atoms with Crippen LogP contribution in [-0.2, 0) is 16.1 Å². The molecule has 0 saturated carbocycles. The molecule has 1 aliphatic rings. The van der Waals surface area contributed by atoms with E-state index in [0.29, 0.717) is 18.3 Å². The molecule has 0 spiro atoms. The van der Waals surface area contributed by atoms with Gasteiger partial charge in [0.2, 0.25) is 0 Å². The zero-order valence-corrected chi connectivity index (χ0v) is 9.26. The van der Waals surface area contributed by atoms with Gasteiger partial charge in [-0.05, 0) is 12.8 Å². The highest BCUT2D eigenvalue weighted by atomic mass is 32.1. The first-order chi connectivity index (χ1) is 7.38. The summed E-state index contributed by atoms with van der Waals surface area (Å²) in [6.07, 6.45) is 4.31. The van der Waals surface area contributed by atoms with Gasteiger partial charge >= 0.3 is 0 Å². The Balaban J connectivity index is 1.68. The Morgan fingerprint density at radius 1 is 1.73 bits per heavy atom. The zero-order chi connectivity index (χ0) is 10.5. The molecule has 1 aliphatic heterocycles. The molecule has 1 unspecified atom stereocenters. The summed E-state index contributed by atoms with van der Waals surface area (Å²) in [5.41, 5.74) is 2.51. The fraction of sp³-hybridized carbons (Fsp3) is 0.667. The summed E-state index contributed by atoms with van der Waals surface area (Å²) in [6, 6.07) is 0. The molecule has 1 fully saturated rings. The summed E-state index contributed by atoms with van der Waals surface area (Å²) >= 11 is 1.50. The second-order valence-corrected chi connectivity index (χ2v) is 4.54. The van der Waals surface area contributed by atoms with Gasteiger partial charge < -0.3 is 9.47 Å². The van der Waals surface area contributed by atoms with Crippen LogP contribution in [0, 0.1) is 0 Å². The highest BCUT2D eigenvalue weighted by Crippen LogP contribution is 2.18. The molecule has 6 heteroatoms. The fourth-order valence-corrected chi connectivity index (χ4v) is 2.17. The van der Waals surface area contributed by atoms with Crippen LogP contribution in [0.1, 0.15) is 17.7 Å². The molecular weight excluding hydrogens is 214 g/mol. The quantitative estimate of drug-likeness (QED) is 0.585. The van der Waals surface area contributed by atoms with Crippen LogP contribution in [0.5, 0.6) is 0 Å². The molecule has 1 aromatic heterocycles. The first-order valence-corrected chi connectivity index (χ1v) is 5.81. The van der Waals surface area contributed by atoms with E-state index in [1.807, 2.05) is 0 Å². The lowest BCUT2D eigenvalue weighted by Gasteiger charge is -2.08. The number of nitrogen functional groups attached to an aromatic ring is 1. The normalized spacial score (nSPS) is 20.7. The summed E-state index contributed by atoms with van der Waals surface area (Å²) in [6.45, 7) is 2.12. The van der Waals surface area contributed by atoms with Crippen molar-refractivity contribution < 1.29 is 9.47 Å².